The Hall–Kier alpha value is -1.90. The molecule has 4 nitrogen and oxygen atoms in total. The lowest BCUT2D eigenvalue weighted by Crippen LogP contribution is -2.48. The number of amides is 1. The van der Waals surface area contributed by atoms with Crippen molar-refractivity contribution in [1.82, 2.24) is 10.2 Å². The number of nitrogens with zero attached hydrogens (tertiary/aromatic N) is 1. The lowest BCUT2D eigenvalue weighted by molar-refractivity contribution is 0.0915. The van der Waals surface area contributed by atoms with Gasteiger partial charge >= 0.3 is 0 Å². The van der Waals surface area contributed by atoms with Crippen molar-refractivity contribution in [1.29, 1.82) is 0 Å². The summed E-state index contributed by atoms with van der Waals surface area (Å²) < 4.78 is 13.9. The van der Waals surface area contributed by atoms with Crippen LogP contribution in [-0.2, 0) is 0 Å². The second-order valence-electron chi connectivity index (χ2n) is 5.54. The van der Waals surface area contributed by atoms with E-state index >= 15 is 0 Å². The van der Waals surface area contributed by atoms with E-state index in [1.807, 2.05) is 32.8 Å². The van der Waals surface area contributed by atoms with E-state index in [1.165, 1.54) is 12.1 Å². The highest BCUT2D eigenvalue weighted by Gasteiger charge is 2.22. The van der Waals surface area contributed by atoms with Crippen molar-refractivity contribution in [2.24, 2.45) is 0 Å². The van der Waals surface area contributed by atoms with Crippen LogP contribution < -0.4 is 5.32 Å². The van der Waals surface area contributed by atoms with Gasteiger partial charge in [-0.2, -0.15) is 0 Å². The van der Waals surface area contributed by atoms with Gasteiger partial charge in [-0.05, 0) is 46.1 Å². The minimum atomic E-state index is -0.625. The van der Waals surface area contributed by atoms with Crippen LogP contribution in [-0.4, -0.2) is 48.7 Å². The van der Waals surface area contributed by atoms with Crippen molar-refractivity contribution in [2.45, 2.75) is 19.4 Å². The standard InChI is InChI=1S/C16H21FN2O2/c1-16(2,19(3)4)11-18-15(21)13-8-7-12(6-5-9-20)10-14(13)17/h7-8,10,20H,9,11H2,1-4H3,(H,18,21). The van der Waals surface area contributed by atoms with Crippen LogP contribution >= 0.6 is 0 Å². The van der Waals surface area contributed by atoms with E-state index in [-0.39, 0.29) is 17.7 Å². The first kappa shape index (κ1) is 17.2. The van der Waals surface area contributed by atoms with Gasteiger partial charge in [0.15, 0.2) is 0 Å². The number of aliphatic hydroxyl groups is 1. The molecule has 0 saturated heterocycles. The van der Waals surface area contributed by atoms with Gasteiger partial charge in [0.25, 0.3) is 5.91 Å². The molecule has 1 rings (SSSR count). The van der Waals surface area contributed by atoms with Crippen molar-refractivity contribution < 1.29 is 14.3 Å². The normalized spacial score (nSPS) is 11.0. The molecule has 5 heteroatoms. The van der Waals surface area contributed by atoms with Crippen molar-refractivity contribution in [2.75, 3.05) is 27.2 Å². The van der Waals surface area contributed by atoms with Crippen molar-refractivity contribution >= 4 is 5.91 Å². The number of hydrogen-bond donors (Lipinski definition) is 2. The number of carbonyl (C=O) groups excluding carboxylic acids is 1. The molecule has 0 aromatic heterocycles. The first-order chi connectivity index (χ1) is 9.77. The van der Waals surface area contributed by atoms with Crippen LogP contribution in [0.4, 0.5) is 4.39 Å². The average Bonchev–Trinajstić information content (AvgIpc) is 2.42. The molecule has 0 saturated carbocycles. The Morgan fingerprint density at radius 1 is 1.43 bits per heavy atom. The number of benzene rings is 1. The van der Waals surface area contributed by atoms with Gasteiger partial charge in [-0.1, -0.05) is 11.8 Å². The highest BCUT2D eigenvalue weighted by atomic mass is 19.1. The molecule has 0 atom stereocenters. The Morgan fingerprint density at radius 2 is 2.10 bits per heavy atom. The molecule has 0 aliphatic carbocycles. The fraction of sp³-hybridized carbons (Fsp3) is 0.438. The summed E-state index contributed by atoms with van der Waals surface area (Å²) in [5, 5.41) is 11.3. The van der Waals surface area contributed by atoms with Crippen molar-refractivity contribution in [3.05, 3.63) is 35.1 Å². The number of halogens is 1. The second kappa shape index (κ2) is 7.21. The van der Waals surface area contributed by atoms with E-state index < -0.39 is 11.7 Å². The van der Waals surface area contributed by atoms with Gasteiger partial charge in [0.1, 0.15) is 12.4 Å². The minimum Gasteiger partial charge on any atom is -0.384 e. The predicted molar refractivity (Wildman–Crippen MR) is 80.5 cm³/mol. The number of aliphatic hydroxyl groups excluding tert-OH is 1. The summed E-state index contributed by atoms with van der Waals surface area (Å²) in [4.78, 5) is 14.0. The number of likely N-dealkylation sites (N-methyl/N-ethyl adjacent to an activating group) is 1. The summed E-state index contributed by atoms with van der Waals surface area (Å²) in [6, 6.07) is 4.14. The number of rotatable bonds is 4. The molecule has 21 heavy (non-hydrogen) atoms. The Morgan fingerprint density at radius 3 is 2.62 bits per heavy atom. The van der Waals surface area contributed by atoms with E-state index in [0.29, 0.717) is 12.1 Å². The number of carbonyl (C=O) groups is 1. The third-order valence-corrected chi connectivity index (χ3v) is 3.42. The fourth-order valence-corrected chi connectivity index (χ4v) is 1.47. The maximum Gasteiger partial charge on any atom is 0.254 e. The quantitative estimate of drug-likeness (QED) is 0.821. The molecule has 0 aliphatic rings. The molecule has 1 aromatic carbocycles. The smallest absolute Gasteiger partial charge is 0.254 e. The molecule has 114 valence electrons. The van der Waals surface area contributed by atoms with E-state index in [9.17, 15) is 9.18 Å². The van der Waals surface area contributed by atoms with Gasteiger partial charge in [0, 0.05) is 17.6 Å². The van der Waals surface area contributed by atoms with Crippen molar-refractivity contribution in [3.63, 3.8) is 0 Å². The number of hydrogen-bond acceptors (Lipinski definition) is 3. The average molecular weight is 292 g/mol. The molecule has 0 fully saturated rings. The zero-order chi connectivity index (χ0) is 16.0. The monoisotopic (exact) mass is 292 g/mol. The third-order valence-electron chi connectivity index (χ3n) is 3.42. The summed E-state index contributed by atoms with van der Waals surface area (Å²) >= 11 is 0. The van der Waals surface area contributed by atoms with E-state index in [1.54, 1.807) is 6.07 Å². The molecular weight excluding hydrogens is 271 g/mol. The van der Waals surface area contributed by atoms with Crippen LogP contribution in [0.5, 0.6) is 0 Å². The van der Waals surface area contributed by atoms with Gasteiger partial charge in [-0.25, -0.2) is 4.39 Å². The van der Waals surface area contributed by atoms with E-state index in [2.05, 4.69) is 17.2 Å². The van der Waals surface area contributed by atoms with Gasteiger partial charge < -0.3 is 15.3 Å². The van der Waals surface area contributed by atoms with Gasteiger partial charge in [0.2, 0.25) is 0 Å². The highest BCUT2D eigenvalue weighted by molar-refractivity contribution is 5.94. The number of nitrogens with one attached hydrogen (secondary N) is 1. The lowest BCUT2D eigenvalue weighted by Gasteiger charge is -2.32. The van der Waals surface area contributed by atoms with Crippen LogP contribution in [0.3, 0.4) is 0 Å². The first-order valence-electron chi connectivity index (χ1n) is 6.63. The Balaban J connectivity index is 2.80. The first-order valence-corrected chi connectivity index (χ1v) is 6.63. The predicted octanol–water partition coefficient (Wildman–Crippen LogP) is 1.24. The molecule has 0 bridgehead atoms. The minimum absolute atomic E-state index is 0.0147. The summed E-state index contributed by atoms with van der Waals surface area (Å²) in [7, 11) is 3.84. The van der Waals surface area contributed by atoms with Crippen LogP contribution in [0.15, 0.2) is 18.2 Å². The summed E-state index contributed by atoms with van der Waals surface area (Å²) in [6.07, 6.45) is 0. The lowest BCUT2D eigenvalue weighted by atomic mass is 10.0. The molecule has 0 spiro atoms. The Bertz CT molecular complexity index is 571. The van der Waals surface area contributed by atoms with Crippen LogP contribution in [0, 0.1) is 17.7 Å². The molecule has 1 amide bonds. The molecule has 2 N–H and O–H groups in total. The summed E-state index contributed by atoms with van der Waals surface area (Å²) in [5.74, 6) is 3.95. The highest BCUT2D eigenvalue weighted by Crippen LogP contribution is 2.12. The van der Waals surface area contributed by atoms with Crippen molar-refractivity contribution in [3.8, 4) is 11.8 Å². The van der Waals surface area contributed by atoms with E-state index in [0.717, 1.165) is 0 Å². The fourth-order valence-electron chi connectivity index (χ4n) is 1.47. The second-order valence-corrected chi connectivity index (χ2v) is 5.54. The van der Waals surface area contributed by atoms with E-state index in [4.69, 9.17) is 5.11 Å². The van der Waals surface area contributed by atoms with Crippen LogP contribution in [0.25, 0.3) is 0 Å². The van der Waals surface area contributed by atoms with Crippen LogP contribution in [0.1, 0.15) is 29.8 Å². The van der Waals surface area contributed by atoms with Gasteiger partial charge in [-0.15, -0.1) is 0 Å². The molecule has 0 radical (unpaired) electrons. The molecular formula is C16H21FN2O2. The molecule has 0 unspecified atom stereocenters. The molecule has 1 aromatic rings. The van der Waals surface area contributed by atoms with Crippen LogP contribution in [0.2, 0.25) is 0 Å². The zero-order valence-electron chi connectivity index (χ0n) is 12.8. The largest absolute Gasteiger partial charge is 0.384 e. The molecule has 0 heterocycles. The topological polar surface area (TPSA) is 52.6 Å². The SMILES string of the molecule is CN(C)C(C)(C)CNC(=O)c1ccc(C#CCO)cc1F. The summed E-state index contributed by atoms with van der Waals surface area (Å²) in [5.41, 5.74) is 0.185. The van der Waals surface area contributed by atoms with Gasteiger partial charge in [0.05, 0.1) is 5.56 Å². The Kier molecular flexibility index (Phi) is 5.89. The maximum absolute atomic E-state index is 13.9. The zero-order valence-corrected chi connectivity index (χ0v) is 12.8. The summed E-state index contributed by atoms with van der Waals surface area (Å²) in [6.45, 7) is 4.09. The third kappa shape index (κ3) is 4.85. The molecule has 0 aliphatic heterocycles. The van der Waals surface area contributed by atoms with Gasteiger partial charge in [-0.3, -0.25) is 4.79 Å². The maximum atomic E-state index is 13.9. The Labute approximate surface area is 125 Å².